The average molecular weight is 310 g/mol. The predicted octanol–water partition coefficient (Wildman–Crippen LogP) is 1.39. The highest BCUT2D eigenvalue weighted by Crippen LogP contribution is 2.41. The molecular weight excluding hydrogens is 296 g/mol. The van der Waals surface area contributed by atoms with E-state index >= 15 is 0 Å². The molecule has 0 bridgehead atoms. The lowest BCUT2D eigenvalue weighted by molar-refractivity contribution is -0.134. The standard InChI is InChI=1S/C14H14O8/c1-3-12(17)21-9-5-10(19-7-15)14(20-8-16)11(6-9)22-13(18)4-2/h5-8H,3-4H2,1-2H3. The lowest BCUT2D eigenvalue weighted by Crippen LogP contribution is -2.10. The van der Waals surface area contributed by atoms with E-state index in [1.54, 1.807) is 13.8 Å². The average Bonchev–Trinajstić information content (AvgIpc) is 2.50. The smallest absolute Gasteiger partial charge is 0.311 e. The van der Waals surface area contributed by atoms with Gasteiger partial charge < -0.3 is 18.9 Å². The van der Waals surface area contributed by atoms with Gasteiger partial charge in [-0.3, -0.25) is 19.2 Å². The number of rotatable bonds is 8. The van der Waals surface area contributed by atoms with Crippen molar-refractivity contribution in [1.82, 2.24) is 0 Å². The van der Waals surface area contributed by atoms with Crippen LogP contribution in [0.4, 0.5) is 0 Å². The molecule has 0 N–H and O–H groups in total. The van der Waals surface area contributed by atoms with Crippen LogP contribution in [0.5, 0.6) is 23.0 Å². The Morgan fingerprint density at radius 3 is 2.00 bits per heavy atom. The van der Waals surface area contributed by atoms with Crippen molar-refractivity contribution in [2.75, 3.05) is 0 Å². The molecule has 0 saturated heterocycles. The normalized spacial score (nSPS) is 9.55. The summed E-state index contributed by atoms with van der Waals surface area (Å²) in [4.78, 5) is 43.8. The maximum atomic E-state index is 11.4. The van der Waals surface area contributed by atoms with Crippen LogP contribution in [0.3, 0.4) is 0 Å². The lowest BCUT2D eigenvalue weighted by Gasteiger charge is -2.13. The second kappa shape index (κ2) is 8.40. The number of carbonyl (C=O) groups is 4. The van der Waals surface area contributed by atoms with Crippen LogP contribution in [0.1, 0.15) is 26.7 Å². The van der Waals surface area contributed by atoms with Crippen molar-refractivity contribution < 1.29 is 38.1 Å². The number of ether oxygens (including phenoxy) is 4. The Morgan fingerprint density at radius 2 is 1.45 bits per heavy atom. The van der Waals surface area contributed by atoms with Crippen LogP contribution in [0, 0.1) is 0 Å². The SMILES string of the molecule is CCC(=O)Oc1cc(OC=O)c(OC=O)c(OC(=O)CC)c1. The monoisotopic (exact) mass is 310 g/mol. The molecule has 8 nitrogen and oxygen atoms in total. The fraction of sp³-hybridized carbons (Fsp3) is 0.286. The zero-order chi connectivity index (χ0) is 16.5. The van der Waals surface area contributed by atoms with Crippen LogP contribution >= 0.6 is 0 Å². The molecule has 22 heavy (non-hydrogen) atoms. The van der Waals surface area contributed by atoms with Gasteiger partial charge in [0.2, 0.25) is 5.75 Å². The van der Waals surface area contributed by atoms with Gasteiger partial charge in [0.05, 0.1) is 0 Å². The van der Waals surface area contributed by atoms with Crippen LogP contribution in [0.2, 0.25) is 0 Å². The van der Waals surface area contributed by atoms with E-state index in [0.29, 0.717) is 0 Å². The van der Waals surface area contributed by atoms with Gasteiger partial charge in [-0.1, -0.05) is 13.8 Å². The minimum absolute atomic E-state index is 0.0270. The van der Waals surface area contributed by atoms with Gasteiger partial charge >= 0.3 is 11.9 Å². The van der Waals surface area contributed by atoms with E-state index in [4.69, 9.17) is 9.47 Å². The number of carbonyl (C=O) groups excluding carboxylic acids is 4. The molecule has 1 aromatic rings. The Balaban J connectivity index is 3.31. The molecule has 0 saturated carbocycles. The first-order valence-electron chi connectivity index (χ1n) is 6.35. The molecule has 1 aromatic carbocycles. The van der Waals surface area contributed by atoms with Crippen LogP contribution < -0.4 is 18.9 Å². The first kappa shape index (κ1) is 17.2. The summed E-state index contributed by atoms with van der Waals surface area (Å²) in [5.74, 6) is -1.92. The fourth-order valence-electron chi connectivity index (χ4n) is 1.39. The van der Waals surface area contributed by atoms with Crippen LogP contribution in [-0.2, 0) is 19.2 Å². The van der Waals surface area contributed by atoms with E-state index < -0.39 is 11.9 Å². The molecule has 0 aromatic heterocycles. The zero-order valence-electron chi connectivity index (χ0n) is 12.0. The summed E-state index contributed by atoms with van der Waals surface area (Å²) in [6, 6.07) is 2.34. The number of esters is 2. The van der Waals surface area contributed by atoms with E-state index in [1.807, 2.05) is 0 Å². The third kappa shape index (κ3) is 4.58. The van der Waals surface area contributed by atoms with Gasteiger partial charge in [0.15, 0.2) is 11.5 Å². The third-order valence-electron chi connectivity index (χ3n) is 2.37. The van der Waals surface area contributed by atoms with Gasteiger partial charge in [-0.2, -0.15) is 0 Å². The number of benzene rings is 1. The van der Waals surface area contributed by atoms with Crippen molar-refractivity contribution in [1.29, 1.82) is 0 Å². The van der Waals surface area contributed by atoms with Gasteiger partial charge in [0.1, 0.15) is 5.75 Å². The topological polar surface area (TPSA) is 105 Å². The van der Waals surface area contributed by atoms with E-state index in [0.717, 1.165) is 6.07 Å². The molecule has 0 aliphatic heterocycles. The lowest BCUT2D eigenvalue weighted by atomic mass is 10.2. The minimum Gasteiger partial charge on any atom is -0.426 e. The fourth-order valence-corrected chi connectivity index (χ4v) is 1.39. The summed E-state index contributed by atoms with van der Waals surface area (Å²) < 4.78 is 19.3. The number of hydrogen-bond donors (Lipinski definition) is 0. The summed E-state index contributed by atoms with van der Waals surface area (Å²) in [5, 5.41) is 0. The van der Waals surface area contributed by atoms with E-state index in [1.165, 1.54) is 6.07 Å². The molecule has 0 heterocycles. The molecule has 0 fully saturated rings. The Labute approximate surface area is 125 Å². The number of hydrogen-bond acceptors (Lipinski definition) is 8. The highest BCUT2D eigenvalue weighted by Gasteiger charge is 2.19. The van der Waals surface area contributed by atoms with E-state index in [2.05, 4.69) is 9.47 Å². The predicted molar refractivity (Wildman–Crippen MR) is 71.7 cm³/mol. The maximum absolute atomic E-state index is 11.4. The molecule has 0 spiro atoms. The summed E-state index contributed by atoms with van der Waals surface area (Å²) in [7, 11) is 0. The molecule has 0 amide bonds. The zero-order valence-corrected chi connectivity index (χ0v) is 12.0. The van der Waals surface area contributed by atoms with Gasteiger partial charge in [-0.25, -0.2) is 0 Å². The highest BCUT2D eigenvalue weighted by atomic mass is 16.6. The first-order valence-corrected chi connectivity index (χ1v) is 6.35. The third-order valence-corrected chi connectivity index (χ3v) is 2.37. The molecule has 0 atom stereocenters. The molecule has 0 aliphatic carbocycles. The largest absolute Gasteiger partial charge is 0.426 e. The first-order chi connectivity index (χ1) is 10.5. The van der Waals surface area contributed by atoms with Gasteiger partial charge in [0, 0.05) is 25.0 Å². The van der Waals surface area contributed by atoms with Crippen molar-refractivity contribution in [2.24, 2.45) is 0 Å². The summed E-state index contributed by atoms with van der Waals surface area (Å²) >= 11 is 0. The molecule has 0 radical (unpaired) electrons. The van der Waals surface area contributed by atoms with Crippen molar-refractivity contribution in [3.8, 4) is 23.0 Å². The van der Waals surface area contributed by atoms with E-state index in [9.17, 15) is 19.2 Å². The summed E-state index contributed by atoms with van der Waals surface area (Å²) in [6.45, 7) is 3.32. The van der Waals surface area contributed by atoms with E-state index in [-0.39, 0.29) is 48.8 Å². The summed E-state index contributed by atoms with van der Waals surface area (Å²) in [6.07, 6.45) is 0.171. The molecule has 0 unspecified atom stereocenters. The van der Waals surface area contributed by atoms with Gasteiger partial charge in [-0.15, -0.1) is 0 Å². The Bertz CT molecular complexity index is 578. The Kier molecular flexibility index (Phi) is 6.55. The molecule has 118 valence electrons. The molecule has 0 aliphatic rings. The summed E-state index contributed by atoms with van der Waals surface area (Å²) in [5.41, 5.74) is 0. The molecular formula is C14H14O8. The highest BCUT2D eigenvalue weighted by molar-refractivity contribution is 5.76. The van der Waals surface area contributed by atoms with Crippen LogP contribution in [-0.4, -0.2) is 24.9 Å². The van der Waals surface area contributed by atoms with Gasteiger partial charge in [-0.05, 0) is 0 Å². The maximum Gasteiger partial charge on any atom is 0.311 e. The van der Waals surface area contributed by atoms with Gasteiger partial charge in [0.25, 0.3) is 12.9 Å². The molecule has 8 heteroatoms. The Morgan fingerprint density at radius 1 is 0.909 bits per heavy atom. The second-order valence-corrected chi connectivity index (χ2v) is 3.83. The van der Waals surface area contributed by atoms with Crippen molar-refractivity contribution in [3.63, 3.8) is 0 Å². The Hall–Kier alpha value is -2.90. The van der Waals surface area contributed by atoms with Crippen LogP contribution in [0.25, 0.3) is 0 Å². The second-order valence-electron chi connectivity index (χ2n) is 3.83. The van der Waals surface area contributed by atoms with Crippen molar-refractivity contribution in [2.45, 2.75) is 26.7 Å². The van der Waals surface area contributed by atoms with Crippen LogP contribution in [0.15, 0.2) is 12.1 Å². The quantitative estimate of drug-likeness (QED) is 0.403. The van der Waals surface area contributed by atoms with Crippen molar-refractivity contribution >= 4 is 24.9 Å². The minimum atomic E-state index is -0.619. The molecule has 1 rings (SSSR count). The van der Waals surface area contributed by atoms with Crippen molar-refractivity contribution in [3.05, 3.63) is 12.1 Å².